The van der Waals surface area contributed by atoms with E-state index >= 15 is 0 Å². The summed E-state index contributed by atoms with van der Waals surface area (Å²) in [4.78, 5) is 9.02. The predicted molar refractivity (Wildman–Crippen MR) is 99.5 cm³/mol. The number of rotatable bonds is 0. The molecule has 3 aliphatic rings. The standard InChI is InChI=1S/C16H10N2S4/c1-2-9-11(17-4-1)8-12-13(9)10(3-5-18-12)14-21-15-16(22-14)20-7-6-19-15/h1-5,8H,6-7H2. The Morgan fingerprint density at radius 1 is 0.818 bits per heavy atom. The van der Waals surface area contributed by atoms with Crippen LogP contribution >= 0.6 is 47.0 Å². The Morgan fingerprint density at radius 3 is 2.45 bits per heavy atom. The minimum atomic E-state index is 1.03. The van der Waals surface area contributed by atoms with Gasteiger partial charge in [0.15, 0.2) is 0 Å². The zero-order valence-electron chi connectivity index (χ0n) is 11.4. The van der Waals surface area contributed by atoms with Crippen molar-refractivity contribution in [1.82, 2.24) is 9.97 Å². The Kier molecular flexibility index (Phi) is 3.32. The Balaban J connectivity index is 1.82. The third kappa shape index (κ3) is 2.08. The topological polar surface area (TPSA) is 25.8 Å². The second-order valence-corrected chi connectivity index (χ2v) is 9.99. The van der Waals surface area contributed by atoms with Crippen LogP contribution in [0, 0.1) is 10.4 Å². The molecule has 0 atom stereocenters. The summed E-state index contributed by atoms with van der Waals surface area (Å²) in [6.07, 6.45) is 5.86. The SMILES string of the molecule is C1=c2ncccc2=c2c1nccc2=C1SC2=C(SCCS2)S1. The van der Waals surface area contributed by atoms with Crippen LogP contribution in [-0.2, 0) is 0 Å². The zero-order chi connectivity index (χ0) is 14.5. The van der Waals surface area contributed by atoms with Gasteiger partial charge >= 0.3 is 0 Å². The van der Waals surface area contributed by atoms with Crippen LogP contribution in [0.15, 0.2) is 39.1 Å². The largest absolute Gasteiger partial charge is 0.256 e. The van der Waals surface area contributed by atoms with Gasteiger partial charge in [-0.1, -0.05) is 29.6 Å². The summed E-state index contributed by atoms with van der Waals surface area (Å²) >= 11 is 7.85. The van der Waals surface area contributed by atoms with Gasteiger partial charge in [-0.25, -0.2) is 0 Å². The van der Waals surface area contributed by atoms with E-state index in [9.17, 15) is 0 Å². The third-order valence-electron chi connectivity index (χ3n) is 3.67. The van der Waals surface area contributed by atoms with E-state index < -0.39 is 0 Å². The minimum Gasteiger partial charge on any atom is -0.256 e. The maximum atomic E-state index is 4.55. The molecule has 2 aromatic heterocycles. The molecule has 0 spiro atoms. The van der Waals surface area contributed by atoms with E-state index in [1.807, 2.05) is 65.5 Å². The van der Waals surface area contributed by atoms with Gasteiger partial charge in [-0.15, -0.1) is 23.5 Å². The van der Waals surface area contributed by atoms with Gasteiger partial charge in [0, 0.05) is 39.6 Å². The molecular formula is C16H10N2S4. The first-order valence-corrected chi connectivity index (χ1v) is 10.5. The highest BCUT2D eigenvalue weighted by atomic mass is 32.3. The normalized spacial score (nSPS) is 18.8. The molecule has 0 amide bonds. The summed E-state index contributed by atoms with van der Waals surface area (Å²) in [6.45, 7) is 0. The van der Waals surface area contributed by atoms with Crippen LogP contribution in [0.2, 0.25) is 0 Å². The number of hydrogen-bond donors (Lipinski definition) is 0. The van der Waals surface area contributed by atoms with E-state index in [4.69, 9.17) is 0 Å². The second kappa shape index (κ2) is 5.37. The van der Waals surface area contributed by atoms with Crippen LogP contribution in [-0.4, -0.2) is 21.5 Å². The molecule has 1 aliphatic carbocycles. The Labute approximate surface area is 144 Å². The molecule has 0 saturated carbocycles. The lowest BCUT2D eigenvalue weighted by molar-refractivity contribution is 1.22. The molecule has 6 heteroatoms. The lowest BCUT2D eigenvalue weighted by atomic mass is 10.2. The van der Waals surface area contributed by atoms with Crippen LogP contribution in [0.5, 0.6) is 0 Å². The Bertz CT molecular complexity index is 1020. The highest BCUT2D eigenvalue weighted by molar-refractivity contribution is 8.46. The number of fused-ring (bicyclic) bond motifs is 2. The van der Waals surface area contributed by atoms with Gasteiger partial charge in [-0.2, -0.15) is 0 Å². The van der Waals surface area contributed by atoms with Crippen LogP contribution < -0.4 is 10.6 Å². The van der Waals surface area contributed by atoms with Crippen molar-refractivity contribution in [1.29, 1.82) is 0 Å². The van der Waals surface area contributed by atoms with Gasteiger partial charge in [-0.05, 0) is 18.2 Å². The molecule has 2 nitrogen and oxygen atoms in total. The molecule has 0 N–H and O–H groups in total. The third-order valence-corrected chi connectivity index (χ3v) is 9.49. The summed E-state index contributed by atoms with van der Waals surface area (Å²) in [5.41, 5.74) is 1.05. The fraction of sp³-hybridized carbons (Fsp3) is 0.125. The highest BCUT2D eigenvalue weighted by Crippen LogP contribution is 2.59. The quantitative estimate of drug-likeness (QED) is 0.613. The molecule has 0 saturated heterocycles. The Hall–Kier alpha value is -0.820. The van der Waals surface area contributed by atoms with Gasteiger partial charge < -0.3 is 0 Å². The van der Waals surface area contributed by atoms with Crippen molar-refractivity contribution in [3.63, 3.8) is 0 Å². The minimum absolute atomic E-state index is 1.03. The average molecular weight is 359 g/mol. The van der Waals surface area contributed by atoms with Crippen molar-refractivity contribution in [3.05, 3.63) is 65.8 Å². The van der Waals surface area contributed by atoms with Crippen molar-refractivity contribution in [2.45, 2.75) is 0 Å². The second-order valence-electron chi connectivity index (χ2n) is 4.96. The number of thioether (sulfide) groups is 4. The molecule has 2 aliphatic heterocycles. The monoisotopic (exact) mass is 358 g/mol. The Morgan fingerprint density at radius 2 is 1.64 bits per heavy atom. The maximum Gasteiger partial charge on any atom is 0.0737 e. The number of aromatic nitrogens is 2. The number of nitrogens with zero attached hydrogens (tertiary/aromatic N) is 2. The molecule has 0 fully saturated rings. The van der Waals surface area contributed by atoms with E-state index in [1.165, 1.54) is 39.9 Å². The van der Waals surface area contributed by atoms with E-state index in [2.05, 4.69) is 28.2 Å². The van der Waals surface area contributed by atoms with Gasteiger partial charge in [-0.3, -0.25) is 9.97 Å². The van der Waals surface area contributed by atoms with Gasteiger partial charge in [0.05, 0.1) is 23.8 Å². The molecule has 22 heavy (non-hydrogen) atoms. The smallest absolute Gasteiger partial charge is 0.0737 e. The van der Waals surface area contributed by atoms with Crippen molar-refractivity contribution < 1.29 is 0 Å². The molecule has 0 unspecified atom stereocenters. The predicted octanol–water partition coefficient (Wildman–Crippen LogP) is 3.06. The summed E-state index contributed by atoms with van der Waals surface area (Å²) in [5, 5.41) is 4.79. The first-order valence-electron chi connectivity index (χ1n) is 6.92. The molecule has 5 rings (SSSR count). The van der Waals surface area contributed by atoms with Crippen molar-refractivity contribution in [2.75, 3.05) is 11.5 Å². The summed E-state index contributed by atoms with van der Waals surface area (Å²) in [5.74, 6) is 2.44. The summed E-state index contributed by atoms with van der Waals surface area (Å²) < 4.78 is 4.35. The highest BCUT2D eigenvalue weighted by Gasteiger charge is 2.25. The fourth-order valence-corrected chi connectivity index (χ4v) is 8.74. The van der Waals surface area contributed by atoms with E-state index in [1.54, 1.807) is 0 Å². The van der Waals surface area contributed by atoms with Gasteiger partial charge in [0.2, 0.25) is 0 Å². The molecule has 108 valence electrons. The van der Waals surface area contributed by atoms with Crippen molar-refractivity contribution in [3.8, 4) is 0 Å². The zero-order valence-corrected chi connectivity index (χ0v) is 14.7. The molecule has 0 radical (unpaired) electrons. The van der Waals surface area contributed by atoms with Crippen LogP contribution in [0.1, 0.15) is 5.69 Å². The van der Waals surface area contributed by atoms with E-state index in [0.717, 1.165) is 11.0 Å². The van der Waals surface area contributed by atoms with Crippen LogP contribution in [0.25, 0.3) is 10.3 Å². The van der Waals surface area contributed by atoms with E-state index in [-0.39, 0.29) is 0 Å². The first kappa shape index (κ1) is 13.6. The van der Waals surface area contributed by atoms with Crippen molar-refractivity contribution in [2.24, 2.45) is 0 Å². The molecule has 2 aromatic rings. The van der Waals surface area contributed by atoms with Crippen molar-refractivity contribution >= 4 is 57.4 Å². The van der Waals surface area contributed by atoms with Gasteiger partial charge in [0.25, 0.3) is 0 Å². The van der Waals surface area contributed by atoms with E-state index in [0.29, 0.717) is 0 Å². The van der Waals surface area contributed by atoms with Gasteiger partial charge in [0.1, 0.15) is 0 Å². The maximum absolute atomic E-state index is 4.55. The molecule has 0 bridgehead atoms. The molecular weight excluding hydrogens is 348 g/mol. The molecule has 0 aromatic carbocycles. The lowest BCUT2D eigenvalue weighted by Gasteiger charge is -2.08. The number of hydrogen-bond acceptors (Lipinski definition) is 6. The fourth-order valence-electron chi connectivity index (χ4n) is 2.74. The van der Waals surface area contributed by atoms with Crippen LogP contribution in [0.3, 0.4) is 0 Å². The summed E-state index contributed by atoms with van der Waals surface area (Å²) in [6, 6.07) is 6.31. The number of pyridine rings is 2. The first-order chi connectivity index (χ1) is 10.9. The lowest BCUT2D eigenvalue weighted by Crippen LogP contribution is -2.09. The summed E-state index contributed by atoms with van der Waals surface area (Å²) in [7, 11) is 0. The molecule has 4 heterocycles. The van der Waals surface area contributed by atoms with Crippen LogP contribution in [0.4, 0.5) is 0 Å². The average Bonchev–Trinajstić information content (AvgIpc) is 3.15.